The molecule has 0 spiro atoms. The van der Waals surface area contributed by atoms with E-state index in [1.165, 1.54) is 5.56 Å². The van der Waals surface area contributed by atoms with Gasteiger partial charge in [-0.15, -0.1) is 22.7 Å². The van der Waals surface area contributed by atoms with E-state index in [0.29, 0.717) is 17.9 Å². The van der Waals surface area contributed by atoms with Crippen LogP contribution in [0.2, 0.25) is 0 Å². The van der Waals surface area contributed by atoms with Crippen LogP contribution in [-0.4, -0.2) is 29.7 Å². The summed E-state index contributed by atoms with van der Waals surface area (Å²) in [5.74, 6) is 0.812. The number of nitrogens with zero attached hydrogens (tertiary/aromatic N) is 3. The molecule has 152 valence electrons. The van der Waals surface area contributed by atoms with Crippen LogP contribution >= 0.6 is 22.7 Å². The van der Waals surface area contributed by atoms with Gasteiger partial charge in [-0.3, -0.25) is 4.99 Å². The van der Waals surface area contributed by atoms with Gasteiger partial charge < -0.3 is 9.84 Å². The summed E-state index contributed by atoms with van der Waals surface area (Å²) in [6.07, 6.45) is 2.51. The van der Waals surface area contributed by atoms with Crippen LogP contribution in [0.5, 0.6) is 11.5 Å². The van der Waals surface area contributed by atoms with Crippen LogP contribution in [0.1, 0.15) is 11.1 Å². The van der Waals surface area contributed by atoms with E-state index in [-0.39, 0.29) is 5.75 Å². The molecule has 0 bridgehead atoms. The first-order valence-corrected chi connectivity index (χ1v) is 11.2. The molecule has 30 heavy (non-hydrogen) atoms. The number of hydrogen-bond donors (Lipinski definition) is 1. The maximum atomic E-state index is 10.2. The van der Waals surface area contributed by atoms with Gasteiger partial charge in [-0.25, -0.2) is 4.68 Å². The molecule has 0 unspecified atom stereocenters. The van der Waals surface area contributed by atoms with Gasteiger partial charge in [0.05, 0.1) is 23.9 Å². The van der Waals surface area contributed by atoms with Crippen molar-refractivity contribution in [3.63, 3.8) is 0 Å². The molecule has 2 aromatic carbocycles. The van der Waals surface area contributed by atoms with Gasteiger partial charge in [0.15, 0.2) is 0 Å². The second kappa shape index (κ2) is 9.56. The minimum Gasteiger partial charge on any atom is -0.507 e. The van der Waals surface area contributed by atoms with E-state index in [0.717, 1.165) is 21.8 Å². The third kappa shape index (κ3) is 4.69. The van der Waals surface area contributed by atoms with Crippen LogP contribution in [-0.2, 0) is 6.42 Å². The number of thiophene rings is 1. The van der Waals surface area contributed by atoms with Crippen molar-refractivity contribution in [2.75, 3.05) is 13.7 Å². The highest BCUT2D eigenvalue weighted by Crippen LogP contribution is 2.26. The summed E-state index contributed by atoms with van der Waals surface area (Å²) in [5, 5.41) is 18.9. The molecule has 0 amide bonds. The lowest BCUT2D eigenvalue weighted by Gasteiger charge is -2.04. The molecule has 0 aliphatic heterocycles. The van der Waals surface area contributed by atoms with E-state index in [1.54, 1.807) is 54.2 Å². The van der Waals surface area contributed by atoms with E-state index < -0.39 is 0 Å². The number of aromatic nitrogens is 1. The Morgan fingerprint density at radius 2 is 1.93 bits per heavy atom. The summed E-state index contributed by atoms with van der Waals surface area (Å²) in [5.41, 5.74) is 2.82. The zero-order valence-corrected chi connectivity index (χ0v) is 18.1. The van der Waals surface area contributed by atoms with Gasteiger partial charge in [-0.2, -0.15) is 5.10 Å². The van der Waals surface area contributed by atoms with Crippen LogP contribution in [0, 0.1) is 0 Å². The summed E-state index contributed by atoms with van der Waals surface area (Å²) in [7, 11) is 1.60. The van der Waals surface area contributed by atoms with Crippen molar-refractivity contribution in [3.05, 3.63) is 87.4 Å². The molecule has 4 aromatic rings. The number of ether oxygens (including phenoxy) is 1. The smallest absolute Gasteiger partial charge is 0.206 e. The maximum Gasteiger partial charge on any atom is 0.206 e. The van der Waals surface area contributed by atoms with Crippen LogP contribution in [0.25, 0.3) is 10.6 Å². The fourth-order valence-electron chi connectivity index (χ4n) is 2.92. The summed E-state index contributed by atoms with van der Waals surface area (Å²) in [6.45, 7) is 0.675. The number of thiazole rings is 1. The molecule has 0 radical (unpaired) electrons. The first-order chi connectivity index (χ1) is 14.7. The fourth-order valence-corrected chi connectivity index (χ4v) is 4.58. The fraction of sp³-hybridized carbons (Fsp3) is 0.130. The molecule has 2 aromatic heterocycles. The van der Waals surface area contributed by atoms with Crippen molar-refractivity contribution >= 4 is 28.9 Å². The highest BCUT2D eigenvalue weighted by Gasteiger charge is 2.09. The minimum atomic E-state index is 0.149. The lowest BCUT2D eigenvalue weighted by Crippen LogP contribution is -2.13. The van der Waals surface area contributed by atoms with Crippen molar-refractivity contribution in [1.82, 2.24) is 4.68 Å². The normalized spacial score (nSPS) is 12.0. The number of rotatable bonds is 7. The first-order valence-electron chi connectivity index (χ1n) is 9.45. The molecule has 7 heteroatoms. The number of benzene rings is 2. The number of phenolic OH excluding ortho intramolecular Hbond substituents is 1. The molecule has 0 saturated heterocycles. The van der Waals surface area contributed by atoms with Crippen molar-refractivity contribution in [2.45, 2.75) is 6.42 Å². The van der Waals surface area contributed by atoms with Gasteiger partial charge in [0.25, 0.3) is 0 Å². The van der Waals surface area contributed by atoms with Gasteiger partial charge in [0, 0.05) is 17.5 Å². The minimum absolute atomic E-state index is 0.149. The largest absolute Gasteiger partial charge is 0.507 e. The monoisotopic (exact) mass is 435 g/mol. The molecule has 0 atom stereocenters. The van der Waals surface area contributed by atoms with E-state index >= 15 is 0 Å². The average molecular weight is 436 g/mol. The lowest BCUT2D eigenvalue weighted by molar-refractivity contribution is 0.412. The van der Waals surface area contributed by atoms with Gasteiger partial charge in [-0.05, 0) is 41.6 Å². The topological polar surface area (TPSA) is 59.1 Å². The number of phenols is 1. The summed E-state index contributed by atoms with van der Waals surface area (Å²) < 4.78 is 7.09. The van der Waals surface area contributed by atoms with Gasteiger partial charge in [-0.1, -0.05) is 36.4 Å². The Morgan fingerprint density at radius 3 is 2.70 bits per heavy atom. The van der Waals surface area contributed by atoms with E-state index in [9.17, 15) is 5.11 Å². The Labute approximate surface area is 182 Å². The van der Waals surface area contributed by atoms with Crippen LogP contribution in [0.3, 0.4) is 0 Å². The van der Waals surface area contributed by atoms with Gasteiger partial charge in [0.2, 0.25) is 4.80 Å². The molecule has 0 aliphatic rings. The number of methoxy groups -OCH3 is 1. The molecule has 1 N–H and O–H groups in total. The molecule has 5 nitrogen and oxygen atoms in total. The highest BCUT2D eigenvalue weighted by molar-refractivity contribution is 7.14. The highest BCUT2D eigenvalue weighted by atomic mass is 32.1. The van der Waals surface area contributed by atoms with Crippen molar-refractivity contribution in [3.8, 4) is 22.1 Å². The zero-order chi connectivity index (χ0) is 20.8. The summed E-state index contributed by atoms with van der Waals surface area (Å²) >= 11 is 3.21. The predicted molar refractivity (Wildman–Crippen MR) is 124 cm³/mol. The first kappa shape index (κ1) is 20.1. The third-order valence-corrected chi connectivity index (χ3v) is 6.24. The van der Waals surface area contributed by atoms with E-state index in [4.69, 9.17) is 9.73 Å². The molecule has 2 heterocycles. The Kier molecular flexibility index (Phi) is 6.41. The van der Waals surface area contributed by atoms with E-state index in [2.05, 4.69) is 28.7 Å². The molecule has 0 saturated carbocycles. The second-order valence-electron chi connectivity index (χ2n) is 6.48. The number of hydrogen-bond acceptors (Lipinski definition) is 6. The van der Waals surface area contributed by atoms with Crippen LogP contribution in [0.15, 0.2) is 81.5 Å². The Balaban J connectivity index is 1.67. The average Bonchev–Trinajstić information content (AvgIpc) is 3.44. The van der Waals surface area contributed by atoms with Crippen molar-refractivity contribution in [2.24, 2.45) is 10.1 Å². The standard InChI is InChI=1S/C23H21N3O2S2/c1-28-19-9-10-21(27)18(14-19)15-25-26-20(22-8-5-13-29-22)16-30-23(26)24-12-11-17-6-3-2-4-7-17/h2-10,13-16,27H,11-12H2,1H3. The molecule has 0 aliphatic carbocycles. The lowest BCUT2D eigenvalue weighted by atomic mass is 10.2. The van der Waals surface area contributed by atoms with Crippen LogP contribution < -0.4 is 9.54 Å². The third-order valence-electron chi connectivity index (χ3n) is 4.50. The predicted octanol–water partition coefficient (Wildman–Crippen LogP) is 5.02. The van der Waals surface area contributed by atoms with E-state index in [1.807, 2.05) is 34.3 Å². The van der Waals surface area contributed by atoms with Crippen molar-refractivity contribution in [1.29, 1.82) is 0 Å². The number of aromatic hydroxyl groups is 1. The second-order valence-corrected chi connectivity index (χ2v) is 8.26. The quantitative estimate of drug-likeness (QED) is 0.415. The molecular weight excluding hydrogens is 414 g/mol. The Bertz CT molecular complexity index is 1190. The van der Waals surface area contributed by atoms with Gasteiger partial charge >= 0.3 is 0 Å². The molecule has 4 rings (SSSR count). The Morgan fingerprint density at radius 1 is 1.07 bits per heavy atom. The summed E-state index contributed by atoms with van der Waals surface area (Å²) in [4.78, 5) is 6.71. The SMILES string of the molecule is COc1ccc(O)c(C=Nn2c(-c3cccs3)csc2=NCCc2ccccc2)c1. The molecular formula is C23H21N3O2S2. The Hall–Kier alpha value is -3.16. The molecule has 0 fully saturated rings. The van der Waals surface area contributed by atoms with Crippen molar-refractivity contribution < 1.29 is 9.84 Å². The maximum absolute atomic E-state index is 10.2. The zero-order valence-electron chi connectivity index (χ0n) is 16.4. The van der Waals surface area contributed by atoms with Crippen LogP contribution in [0.4, 0.5) is 0 Å². The summed E-state index contributed by atoms with van der Waals surface area (Å²) in [6, 6.07) is 19.5. The van der Waals surface area contributed by atoms with Gasteiger partial charge in [0.1, 0.15) is 11.5 Å².